The zero-order chi connectivity index (χ0) is 13.4. The number of rotatable bonds is 5. The van der Waals surface area contributed by atoms with Gasteiger partial charge in [0.05, 0.1) is 12.1 Å². The van der Waals surface area contributed by atoms with Crippen LogP contribution < -0.4 is 10.5 Å². The molecular formula is C15H21N3O. The molecule has 4 heteroatoms. The van der Waals surface area contributed by atoms with Crippen molar-refractivity contribution in [1.82, 2.24) is 9.55 Å². The smallest absolute Gasteiger partial charge is 0.201 e. The van der Waals surface area contributed by atoms with Gasteiger partial charge >= 0.3 is 0 Å². The summed E-state index contributed by atoms with van der Waals surface area (Å²) >= 11 is 0. The lowest BCUT2D eigenvalue weighted by molar-refractivity contribution is 0.343. The monoisotopic (exact) mass is 259 g/mol. The van der Waals surface area contributed by atoms with Gasteiger partial charge < -0.3 is 15.0 Å². The lowest BCUT2D eigenvalue weighted by Crippen LogP contribution is -2.02. The first kappa shape index (κ1) is 12.3. The topological polar surface area (TPSA) is 53.1 Å². The van der Waals surface area contributed by atoms with E-state index >= 15 is 0 Å². The zero-order valence-electron chi connectivity index (χ0n) is 11.6. The number of fused-ring (bicyclic) bond motifs is 1. The minimum absolute atomic E-state index is 0.529. The molecule has 0 bridgehead atoms. The van der Waals surface area contributed by atoms with E-state index in [1.807, 2.05) is 19.1 Å². The lowest BCUT2D eigenvalue weighted by Gasteiger charge is -2.07. The van der Waals surface area contributed by atoms with Crippen molar-refractivity contribution in [3.8, 4) is 5.75 Å². The molecule has 19 heavy (non-hydrogen) atoms. The normalized spacial score (nSPS) is 21.8. The molecule has 4 nitrogen and oxygen atoms in total. The van der Waals surface area contributed by atoms with Crippen molar-refractivity contribution in [3.63, 3.8) is 0 Å². The predicted molar refractivity (Wildman–Crippen MR) is 77.4 cm³/mol. The molecule has 0 saturated heterocycles. The van der Waals surface area contributed by atoms with E-state index in [2.05, 4.69) is 22.5 Å². The molecule has 1 aromatic carbocycles. The van der Waals surface area contributed by atoms with Gasteiger partial charge in [-0.15, -0.1) is 0 Å². The minimum Gasteiger partial charge on any atom is -0.492 e. The van der Waals surface area contributed by atoms with Crippen LogP contribution in [0.4, 0.5) is 5.95 Å². The number of nitrogens with zero attached hydrogens (tertiary/aromatic N) is 2. The molecule has 1 aliphatic carbocycles. The van der Waals surface area contributed by atoms with Crippen molar-refractivity contribution in [2.75, 3.05) is 12.3 Å². The van der Waals surface area contributed by atoms with E-state index in [9.17, 15) is 0 Å². The number of para-hydroxylation sites is 1. The van der Waals surface area contributed by atoms with Crippen LogP contribution >= 0.6 is 0 Å². The quantitative estimate of drug-likeness (QED) is 0.895. The van der Waals surface area contributed by atoms with Crippen molar-refractivity contribution in [3.05, 3.63) is 18.2 Å². The maximum atomic E-state index is 6.11. The molecule has 0 aliphatic heterocycles. The van der Waals surface area contributed by atoms with Crippen LogP contribution in [0.2, 0.25) is 0 Å². The molecule has 2 atom stereocenters. The second-order valence-electron chi connectivity index (χ2n) is 5.25. The Labute approximate surface area is 113 Å². The minimum atomic E-state index is 0.529. The van der Waals surface area contributed by atoms with Gasteiger partial charge in [-0.2, -0.15) is 0 Å². The van der Waals surface area contributed by atoms with Gasteiger partial charge in [0.1, 0.15) is 11.3 Å². The van der Waals surface area contributed by atoms with E-state index in [1.165, 1.54) is 19.3 Å². The highest BCUT2D eigenvalue weighted by atomic mass is 16.5. The van der Waals surface area contributed by atoms with Crippen molar-refractivity contribution in [1.29, 1.82) is 0 Å². The molecule has 3 rings (SSSR count). The molecule has 1 aliphatic rings. The summed E-state index contributed by atoms with van der Waals surface area (Å²) in [6, 6.07) is 6.59. The van der Waals surface area contributed by atoms with Gasteiger partial charge in [-0.25, -0.2) is 4.98 Å². The number of benzene rings is 1. The number of hydrogen-bond donors (Lipinski definition) is 1. The SMILES string of the molecule is CCCC1CC1n1c(N)nc2c(OCC)cccc21. The Kier molecular flexibility index (Phi) is 3.09. The van der Waals surface area contributed by atoms with Crippen molar-refractivity contribution in [2.24, 2.45) is 5.92 Å². The van der Waals surface area contributed by atoms with Gasteiger partial charge in [0.2, 0.25) is 5.95 Å². The van der Waals surface area contributed by atoms with Gasteiger partial charge in [-0.1, -0.05) is 19.4 Å². The average Bonchev–Trinajstić information content (AvgIpc) is 3.04. The second kappa shape index (κ2) is 4.76. The molecule has 1 aromatic heterocycles. The maximum Gasteiger partial charge on any atom is 0.201 e. The molecule has 102 valence electrons. The van der Waals surface area contributed by atoms with Crippen LogP contribution in [0.25, 0.3) is 11.0 Å². The van der Waals surface area contributed by atoms with E-state index in [4.69, 9.17) is 10.5 Å². The van der Waals surface area contributed by atoms with E-state index in [-0.39, 0.29) is 0 Å². The standard InChI is InChI=1S/C15H21N3O/c1-3-6-10-9-12(10)18-11-7-5-8-13(19-4-2)14(11)17-15(18)16/h5,7-8,10,12H,3-4,6,9H2,1-2H3,(H2,16,17). The molecule has 1 fully saturated rings. The van der Waals surface area contributed by atoms with E-state index < -0.39 is 0 Å². The Balaban J connectivity index is 2.01. The fourth-order valence-corrected chi connectivity index (χ4v) is 2.96. The van der Waals surface area contributed by atoms with Crippen LogP contribution in [0.15, 0.2) is 18.2 Å². The molecule has 0 amide bonds. The van der Waals surface area contributed by atoms with Gasteiger partial charge in [0.15, 0.2) is 0 Å². The predicted octanol–water partition coefficient (Wildman–Crippen LogP) is 3.38. The van der Waals surface area contributed by atoms with Crippen molar-refractivity contribution < 1.29 is 4.74 Å². The summed E-state index contributed by atoms with van der Waals surface area (Å²) in [5.41, 5.74) is 8.11. The van der Waals surface area contributed by atoms with Crippen LogP contribution in [-0.2, 0) is 0 Å². The number of imidazole rings is 1. The first-order valence-corrected chi connectivity index (χ1v) is 7.15. The number of nitrogen functional groups attached to an aromatic ring is 1. The van der Waals surface area contributed by atoms with Gasteiger partial charge in [0.25, 0.3) is 0 Å². The Morgan fingerprint density at radius 2 is 2.26 bits per heavy atom. The maximum absolute atomic E-state index is 6.11. The third kappa shape index (κ3) is 2.05. The first-order chi connectivity index (χ1) is 9.26. The Morgan fingerprint density at radius 3 is 3.00 bits per heavy atom. The first-order valence-electron chi connectivity index (χ1n) is 7.15. The summed E-state index contributed by atoms with van der Waals surface area (Å²) in [6.45, 7) is 4.86. The summed E-state index contributed by atoms with van der Waals surface area (Å²) in [5, 5.41) is 0. The fraction of sp³-hybridized carbons (Fsp3) is 0.533. The molecule has 0 spiro atoms. The van der Waals surface area contributed by atoms with Crippen LogP contribution in [0.3, 0.4) is 0 Å². The summed E-state index contributed by atoms with van der Waals surface area (Å²) in [5.74, 6) is 2.21. The summed E-state index contributed by atoms with van der Waals surface area (Å²) in [4.78, 5) is 4.50. The van der Waals surface area contributed by atoms with Gasteiger partial charge in [0, 0.05) is 6.04 Å². The van der Waals surface area contributed by atoms with Crippen LogP contribution in [-0.4, -0.2) is 16.2 Å². The Hall–Kier alpha value is -1.71. The molecule has 2 N–H and O–H groups in total. The number of anilines is 1. The number of aromatic nitrogens is 2. The van der Waals surface area contributed by atoms with Crippen LogP contribution in [0.1, 0.15) is 39.2 Å². The second-order valence-corrected chi connectivity index (χ2v) is 5.25. The Morgan fingerprint density at radius 1 is 1.42 bits per heavy atom. The van der Waals surface area contributed by atoms with Crippen molar-refractivity contribution >= 4 is 17.0 Å². The lowest BCUT2D eigenvalue weighted by atomic mass is 10.2. The molecule has 2 aromatic rings. The zero-order valence-corrected chi connectivity index (χ0v) is 11.6. The third-order valence-electron chi connectivity index (χ3n) is 3.89. The molecule has 1 saturated carbocycles. The third-order valence-corrected chi connectivity index (χ3v) is 3.89. The molecule has 2 unspecified atom stereocenters. The van der Waals surface area contributed by atoms with Crippen LogP contribution in [0, 0.1) is 5.92 Å². The van der Waals surface area contributed by atoms with Gasteiger partial charge in [-0.3, -0.25) is 0 Å². The molecule has 0 radical (unpaired) electrons. The summed E-state index contributed by atoms with van der Waals surface area (Å²) in [6.07, 6.45) is 3.73. The van der Waals surface area contributed by atoms with Crippen LogP contribution in [0.5, 0.6) is 5.75 Å². The average molecular weight is 259 g/mol. The largest absolute Gasteiger partial charge is 0.492 e. The molecule has 1 heterocycles. The van der Waals surface area contributed by atoms with Crippen molar-refractivity contribution in [2.45, 2.75) is 39.2 Å². The number of nitrogens with two attached hydrogens (primary N) is 1. The van der Waals surface area contributed by atoms with E-state index in [0.717, 1.165) is 22.7 Å². The summed E-state index contributed by atoms with van der Waals surface area (Å²) < 4.78 is 7.82. The number of hydrogen-bond acceptors (Lipinski definition) is 3. The van der Waals surface area contributed by atoms with E-state index in [0.29, 0.717) is 18.6 Å². The molecular weight excluding hydrogens is 238 g/mol. The van der Waals surface area contributed by atoms with E-state index in [1.54, 1.807) is 0 Å². The highest BCUT2D eigenvalue weighted by Crippen LogP contribution is 2.49. The Bertz CT molecular complexity index is 590. The highest BCUT2D eigenvalue weighted by molar-refractivity contribution is 5.84. The fourth-order valence-electron chi connectivity index (χ4n) is 2.96. The highest BCUT2D eigenvalue weighted by Gasteiger charge is 2.39. The van der Waals surface area contributed by atoms with Gasteiger partial charge in [-0.05, 0) is 37.8 Å². The number of ether oxygens (including phenoxy) is 1. The summed E-state index contributed by atoms with van der Waals surface area (Å²) in [7, 11) is 0.